The predicted octanol–water partition coefficient (Wildman–Crippen LogP) is 6.13. The van der Waals surface area contributed by atoms with Gasteiger partial charge in [0, 0.05) is 22.8 Å². The zero-order valence-electron chi connectivity index (χ0n) is 15.5. The van der Waals surface area contributed by atoms with Crippen LogP contribution in [0, 0.1) is 6.92 Å². The molecule has 1 N–H and O–H groups in total. The van der Waals surface area contributed by atoms with E-state index >= 15 is 0 Å². The monoisotopic (exact) mass is 466 g/mol. The topological polar surface area (TPSA) is 59.8 Å². The normalized spacial score (nSPS) is 10.8. The number of nitrogens with one attached hydrogen (secondary N) is 1. The molecule has 0 aliphatic rings. The summed E-state index contributed by atoms with van der Waals surface area (Å²) < 4.78 is 1.87. The maximum absolute atomic E-state index is 12.4. The molecule has 0 bridgehead atoms. The fraction of sp³-hybridized carbons (Fsp3) is 0.150. The number of halogens is 3. The van der Waals surface area contributed by atoms with Crippen molar-refractivity contribution < 1.29 is 4.79 Å². The van der Waals surface area contributed by atoms with Gasteiger partial charge in [0.15, 0.2) is 11.0 Å². The van der Waals surface area contributed by atoms with E-state index in [1.165, 1.54) is 11.8 Å². The Morgan fingerprint density at radius 3 is 2.69 bits per heavy atom. The molecule has 0 atom stereocenters. The highest BCUT2D eigenvalue weighted by atomic mass is 35.5. The second kappa shape index (κ2) is 9.67. The van der Waals surface area contributed by atoms with Gasteiger partial charge in [0.25, 0.3) is 0 Å². The summed E-state index contributed by atoms with van der Waals surface area (Å²) >= 11 is 19.5. The molecule has 3 rings (SSSR count). The molecule has 0 fully saturated rings. The molecule has 150 valence electrons. The van der Waals surface area contributed by atoms with Crippen molar-refractivity contribution in [3.63, 3.8) is 0 Å². The van der Waals surface area contributed by atoms with E-state index in [1.54, 1.807) is 30.3 Å². The molecule has 0 saturated carbocycles. The van der Waals surface area contributed by atoms with Crippen LogP contribution in [0.4, 0.5) is 5.69 Å². The van der Waals surface area contributed by atoms with Gasteiger partial charge in [-0.25, -0.2) is 0 Å². The Balaban J connectivity index is 1.76. The number of hydrogen-bond donors (Lipinski definition) is 1. The summed E-state index contributed by atoms with van der Waals surface area (Å²) in [5, 5.41) is 13.5. The minimum absolute atomic E-state index is 0.162. The summed E-state index contributed by atoms with van der Waals surface area (Å²) in [7, 11) is 0. The van der Waals surface area contributed by atoms with Gasteiger partial charge in [0.2, 0.25) is 5.91 Å². The Bertz CT molecular complexity index is 1070. The number of anilines is 1. The van der Waals surface area contributed by atoms with Crippen molar-refractivity contribution in [3.05, 3.63) is 69.7 Å². The zero-order chi connectivity index (χ0) is 21.0. The van der Waals surface area contributed by atoms with Gasteiger partial charge in [0.05, 0.1) is 15.8 Å². The Labute approximate surface area is 188 Å². The van der Waals surface area contributed by atoms with Gasteiger partial charge in [-0.15, -0.1) is 16.8 Å². The van der Waals surface area contributed by atoms with E-state index in [9.17, 15) is 4.79 Å². The molecule has 0 saturated heterocycles. The van der Waals surface area contributed by atoms with E-state index in [4.69, 9.17) is 34.8 Å². The number of rotatable bonds is 7. The first-order valence-electron chi connectivity index (χ1n) is 8.58. The average molecular weight is 468 g/mol. The first-order valence-corrected chi connectivity index (χ1v) is 10.7. The van der Waals surface area contributed by atoms with Crippen molar-refractivity contribution >= 4 is 58.2 Å². The van der Waals surface area contributed by atoms with E-state index in [0.717, 1.165) is 11.1 Å². The van der Waals surface area contributed by atoms with Crippen molar-refractivity contribution in [2.75, 3.05) is 11.1 Å². The summed E-state index contributed by atoms with van der Waals surface area (Å²) in [5.41, 5.74) is 2.29. The number of hydrogen-bond acceptors (Lipinski definition) is 4. The van der Waals surface area contributed by atoms with Gasteiger partial charge >= 0.3 is 0 Å². The van der Waals surface area contributed by atoms with Gasteiger partial charge < -0.3 is 5.32 Å². The van der Waals surface area contributed by atoms with Crippen molar-refractivity contribution in [3.8, 4) is 11.4 Å². The second-order valence-electron chi connectivity index (χ2n) is 6.08. The maximum Gasteiger partial charge on any atom is 0.234 e. The van der Waals surface area contributed by atoms with Crippen LogP contribution in [0.25, 0.3) is 11.4 Å². The van der Waals surface area contributed by atoms with E-state index in [2.05, 4.69) is 22.1 Å². The molecule has 29 heavy (non-hydrogen) atoms. The van der Waals surface area contributed by atoms with Crippen LogP contribution in [0.1, 0.15) is 5.56 Å². The van der Waals surface area contributed by atoms with Crippen LogP contribution >= 0.6 is 46.6 Å². The second-order valence-corrected chi connectivity index (χ2v) is 8.25. The van der Waals surface area contributed by atoms with Crippen LogP contribution in [-0.4, -0.2) is 26.4 Å². The lowest BCUT2D eigenvalue weighted by molar-refractivity contribution is -0.113. The number of nitrogens with zero attached hydrogens (tertiary/aromatic N) is 3. The molecular weight excluding hydrogens is 451 g/mol. The molecule has 0 radical (unpaired) electrons. The fourth-order valence-electron chi connectivity index (χ4n) is 2.60. The van der Waals surface area contributed by atoms with E-state index in [-0.39, 0.29) is 11.7 Å². The number of allylic oxidation sites excluding steroid dienone is 1. The highest BCUT2D eigenvalue weighted by molar-refractivity contribution is 7.99. The smallest absolute Gasteiger partial charge is 0.234 e. The minimum atomic E-state index is -0.162. The fourth-order valence-corrected chi connectivity index (χ4v) is 3.82. The number of carbonyl (C=O) groups is 1. The maximum atomic E-state index is 12.4. The lowest BCUT2D eigenvalue weighted by Crippen LogP contribution is -2.15. The van der Waals surface area contributed by atoms with Gasteiger partial charge in [-0.3, -0.25) is 9.36 Å². The Kier molecular flexibility index (Phi) is 7.24. The number of thioether (sulfide) groups is 1. The van der Waals surface area contributed by atoms with Gasteiger partial charge in [0.1, 0.15) is 0 Å². The summed E-state index contributed by atoms with van der Waals surface area (Å²) in [6, 6.07) is 10.6. The molecule has 0 aliphatic heterocycles. The standard InChI is InChI=1S/C20H17Cl3N4OS/c1-3-9-27-19(13-7-8-15(22)16(23)10-13)25-26-20(27)29-11-18(28)24-17-6-4-5-14(21)12(17)2/h3-8,10H,1,9,11H2,2H3,(H,24,28). The number of benzene rings is 2. The number of amides is 1. The zero-order valence-corrected chi connectivity index (χ0v) is 18.5. The molecule has 1 amide bonds. The molecule has 2 aromatic carbocycles. The van der Waals surface area contributed by atoms with Crippen LogP contribution < -0.4 is 5.32 Å². The molecule has 3 aromatic rings. The Hall–Kier alpha value is -1.99. The highest BCUT2D eigenvalue weighted by Gasteiger charge is 2.16. The first-order chi connectivity index (χ1) is 13.9. The van der Waals surface area contributed by atoms with Crippen LogP contribution in [-0.2, 0) is 11.3 Å². The van der Waals surface area contributed by atoms with Gasteiger partial charge in [-0.1, -0.05) is 58.7 Å². The Morgan fingerprint density at radius 2 is 1.97 bits per heavy atom. The van der Waals surface area contributed by atoms with Crippen LogP contribution in [0.2, 0.25) is 15.1 Å². The molecule has 0 aliphatic carbocycles. The number of carbonyl (C=O) groups excluding carboxylic acids is 1. The van der Waals surface area contributed by atoms with E-state index in [0.29, 0.717) is 38.3 Å². The third-order valence-corrected chi connectivity index (χ3v) is 6.20. The summed E-state index contributed by atoms with van der Waals surface area (Å²) in [5.74, 6) is 0.629. The molecule has 5 nitrogen and oxygen atoms in total. The molecular formula is C20H17Cl3N4OS. The Morgan fingerprint density at radius 1 is 1.17 bits per heavy atom. The predicted molar refractivity (Wildman–Crippen MR) is 121 cm³/mol. The van der Waals surface area contributed by atoms with Crippen LogP contribution in [0.3, 0.4) is 0 Å². The van der Waals surface area contributed by atoms with Crippen molar-refractivity contribution in [1.82, 2.24) is 14.8 Å². The number of aromatic nitrogens is 3. The van der Waals surface area contributed by atoms with Crippen molar-refractivity contribution in [1.29, 1.82) is 0 Å². The van der Waals surface area contributed by atoms with Gasteiger partial charge in [-0.05, 0) is 42.8 Å². The average Bonchev–Trinajstić information content (AvgIpc) is 3.09. The molecule has 1 aromatic heterocycles. The molecule has 0 spiro atoms. The third kappa shape index (κ3) is 5.14. The highest BCUT2D eigenvalue weighted by Crippen LogP contribution is 2.30. The summed E-state index contributed by atoms with van der Waals surface area (Å²) in [6.07, 6.45) is 1.74. The molecule has 9 heteroatoms. The van der Waals surface area contributed by atoms with Crippen molar-refractivity contribution in [2.45, 2.75) is 18.6 Å². The molecule has 0 unspecified atom stereocenters. The van der Waals surface area contributed by atoms with E-state index < -0.39 is 0 Å². The summed E-state index contributed by atoms with van der Waals surface area (Å²) in [4.78, 5) is 12.4. The SMILES string of the molecule is C=CCn1c(SCC(=O)Nc2cccc(Cl)c2C)nnc1-c1ccc(Cl)c(Cl)c1. The van der Waals surface area contributed by atoms with Crippen LogP contribution in [0.5, 0.6) is 0 Å². The first kappa shape index (κ1) is 21.7. The van der Waals surface area contributed by atoms with Crippen LogP contribution in [0.15, 0.2) is 54.2 Å². The minimum Gasteiger partial charge on any atom is -0.325 e. The summed E-state index contributed by atoms with van der Waals surface area (Å²) in [6.45, 7) is 6.13. The largest absolute Gasteiger partial charge is 0.325 e. The quantitative estimate of drug-likeness (QED) is 0.335. The van der Waals surface area contributed by atoms with E-state index in [1.807, 2.05) is 23.6 Å². The lowest BCUT2D eigenvalue weighted by Gasteiger charge is -2.10. The third-order valence-electron chi connectivity index (χ3n) is 4.08. The van der Waals surface area contributed by atoms with Gasteiger partial charge in [-0.2, -0.15) is 0 Å². The lowest BCUT2D eigenvalue weighted by atomic mass is 10.2. The van der Waals surface area contributed by atoms with Crippen molar-refractivity contribution in [2.24, 2.45) is 0 Å². The molecule has 1 heterocycles.